The maximum atomic E-state index is 12.8. The molecule has 22 heavy (non-hydrogen) atoms. The zero-order chi connectivity index (χ0) is 16.7. The smallest absolute Gasteiger partial charge is 0.268 e. The number of aromatic nitrogens is 2. The van der Waals surface area contributed by atoms with Crippen LogP contribution in [0.25, 0.3) is 0 Å². The van der Waals surface area contributed by atoms with Crippen LogP contribution in [0.1, 0.15) is 50.3 Å². The lowest BCUT2D eigenvalue weighted by molar-refractivity contribution is -0.136. The van der Waals surface area contributed by atoms with Gasteiger partial charge in [0, 0.05) is 31.1 Å². The van der Waals surface area contributed by atoms with Gasteiger partial charge in [0.25, 0.3) is 11.8 Å². The van der Waals surface area contributed by atoms with Crippen LogP contribution in [0.15, 0.2) is 18.2 Å². The number of aryl methyl sites for hydroxylation is 1. The third-order valence-corrected chi connectivity index (χ3v) is 3.73. The van der Waals surface area contributed by atoms with Crippen molar-refractivity contribution in [2.45, 2.75) is 39.5 Å². The summed E-state index contributed by atoms with van der Waals surface area (Å²) in [5.41, 5.74) is 1.65. The lowest BCUT2D eigenvalue weighted by Gasteiger charge is -2.27. The first-order chi connectivity index (χ1) is 10.1. The largest absolute Gasteiger partial charge is 0.290 e. The molecule has 0 atom stereocenters. The van der Waals surface area contributed by atoms with Crippen molar-refractivity contribution in [3.05, 3.63) is 29.6 Å². The summed E-state index contributed by atoms with van der Waals surface area (Å²) in [5, 5.41) is 7.41. The summed E-state index contributed by atoms with van der Waals surface area (Å²) in [6.45, 7) is 12.6. The SMILES string of the molecule is C=C(C)C(=O)N1CCCN1C(=O)c1cc(C(C)(C)C)nn1C. The molecule has 1 saturated heterocycles. The van der Waals surface area contributed by atoms with Gasteiger partial charge in [-0.2, -0.15) is 5.10 Å². The van der Waals surface area contributed by atoms with Gasteiger partial charge in [-0.3, -0.25) is 14.3 Å². The summed E-state index contributed by atoms with van der Waals surface area (Å²) < 4.78 is 1.59. The minimum atomic E-state index is -0.205. The van der Waals surface area contributed by atoms with E-state index < -0.39 is 0 Å². The van der Waals surface area contributed by atoms with Crippen molar-refractivity contribution in [3.63, 3.8) is 0 Å². The van der Waals surface area contributed by atoms with Gasteiger partial charge in [-0.15, -0.1) is 0 Å². The second-order valence-corrected chi connectivity index (χ2v) is 6.78. The van der Waals surface area contributed by atoms with Crippen LogP contribution >= 0.6 is 0 Å². The van der Waals surface area contributed by atoms with E-state index in [1.54, 1.807) is 18.7 Å². The van der Waals surface area contributed by atoms with Gasteiger partial charge in [0.2, 0.25) is 0 Å². The molecule has 1 aliphatic rings. The molecule has 2 rings (SSSR count). The maximum absolute atomic E-state index is 12.8. The third kappa shape index (κ3) is 2.91. The van der Waals surface area contributed by atoms with E-state index in [0.29, 0.717) is 24.4 Å². The molecule has 1 aliphatic heterocycles. The highest BCUT2D eigenvalue weighted by atomic mass is 16.2. The van der Waals surface area contributed by atoms with Crippen LogP contribution in [0.2, 0.25) is 0 Å². The minimum Gasteiger partial charge on any atom is -0.268 e. The zero-order valence-electron chi connectivity index (χ0n) is 14.0. The lowest BCUT2D eigenvalue weighted by Crippen LogP contribution is -2.45. The van der Waals surface area contributed by atoms with Crippen molar-refractivity contribution in [1.82, 2.24) is 19.8 Å². The van der Waals surface area contributed by atoms with Gasteiger partial charge in [0.1, 0.15) is 5.69 Å². The molecule has 1 aromatic rings. The molecule has 1 aromatic heterocycles. The predicted molar refractivity (Wildman–Crippen MR) is 84.1 cm³/mol. The van der Waals surface area contributed by atoms with Gasteiger partial charge in [-0.25, -0.2) is 10.0 Å². The molecular weight excluding hydrogens is 280 g/mol. The van der Waals surface area contributed by atoms with Crippen molar-refractivity contribution < 1.29 is 9.59 Å². The van der Waals surface area contributed by atoms with Gasteiger partial charge >= 0.3 is 0 Å². The van der Waals surface area contributed by atoms with E-state index in [9.17, 15) is 9.59 Å². The van der Waals surface area contributed by atoms with Crippen LogP contribution in [0.4, 0.5) is 0 Å². The second-order valence-electron chi connectivity index (χ2n) is 6.78. The van der Waals surface area contributed by atoms with Crippen LogP contribution < -0.4 is 0 Å². The molecule has 2 heterocycles. The van der Waals surface area contributed by atoms with Crippen molar-refractivity contribution in [2.24, 2.45) is 7.05 Å². The highest BCUT2D eigenvalue weighted by molar-refractivity contribution is 5.97. The minimum absolute atomic E-state index is 0.130. The molecule has 0 aliphatic carbocycles. The Morgan fingerprint density at radius 1 is 1.23 bits per heavy atom. The van der Waals surface area contributed by atoms with E-state index in [4.69, 9.17) is 0 Å². The monoisotopic (exact) mass is 304 g/mol. The number of carbonyl (C=O) groups is 2. The molecule has 6 heteroatoms. The van der Waals surface area contributed by atoms with Gasteiger partial charge < -0.3 is 0 Å². The molecule has 6 nitrogen and oxygen atoms in total. The predicted octanol–water partition coefficient (Wildman–Crippen LogP) is 1.88. The van der Waals surface area contributed by atoms with Gasteiger partial charge in [0.05, 0.1) is 5.69 Å². The number of nitrogens with zero attached hydrogens (tertiary/aromatic N) is 4. The Morgan fingerprint density at radius 2 is 1.82 bits per heavy atom. The van der Waals surface area contributed by atoms with E-state index in [2.05, 4.69) is 32.4 Å². The Balaban J connectivity index is 2.30. The molecule has 2 amide bonds. The molecule has 0 spiro atoms. The van der Waals surface area contributed by atoms with Gasteiger partial charge in [-0.05, 0) is 19.4 Å². The van der Waals surface area contributed by atoms with E-state index in [1.165, 1.54) is 10.0 Å². The first-order valence-corrected chi connectivity index (χ1v) is 7.46. The molecule has 0 N–H and O–H groups in total. The highest BCUT2D eigenvalue weighted by Crippen LogP contribution is 2.23. The molecule has 0 unspecified atom stereocenters. The Bertz CT molecular complexity index is 625. The average molecular weight is 304 g/mol. The fraction of sp³-hybridized carbons (Fsp3) is 0.562. The van der Waals surface area contributed by atoms with Crippen molar-refractivity contribution in [3.8, 4) is 0 Å². The number of hydrogen-bond acceptors (Lipinski definition) is 3. The second kappa shape index (κ2) is 5.59. The number of hydrazine groups is 1. The Hall–Kier alpha value is -2.11. The van der Waals surface area contributed by atoms with Crippen LogP contribution in [0.3, 0.4) is 0 Å². The van der Waals surface area contributed by atoms with Crippen LogP contribution in [-0.2, 0) is 17.3 Å². The molecule has 1 fully saturated rings. The molecule has 0 saturated carbocycles. The standard InChI is InChI=1S/C16H24N4O2/c1-11(2)14(21)19-8-7-9-20(19)15(22)12-10-13(16(3,4)5)17-18(12)6/h10H,1,7-9H2,2-6H3. The third-order valence-electron chi connectivity index (χ3n) is 3.73. The normalized spacial score (nSPS) is 15.3. The Labute approximate surface area is 131 Å². The highest BCUT2D eigenvalue weighted by Gasteiger charge is 2.33. The van der Waals surface area contributed by atoms with Crippen molar-refractivity contribution in [1.29, 1.82) is 0 Å². The molecule has 120 valence electrons. The van der Waals surface area contributed by atoms with E-state index in [1.807, 2.05) is 6.07 Å². The summed E-state index contributed by atoms with van der Waals surface area (Å²) in [6.07, 6.45) is 0.773. The molecule has 0 bridgehead atoms. The average Bonchev–Trinajstić information content (AvgIpc) is 3.02. The van der Waals surface area contributed by atoms with Crippen molar-refractivity contribution in [2.75, 3.05) is 13.1 Å². The first-order valence-electron chi connectivity index (χ1n) is 7.46. The summed E-state index contributed by atoms with van der Waals surface area (Å²) in [7, 11) is 1.75. The summed E-state index contributed by atoms with van der Waals surface area (Å²) in [5.74, 6) is -0.401. The molecule has 0 aromatic carbocycles. The fourth-order valence-corrected chi connectivity index (χ4v) is 2.42. The van der Waals surface area contributed by atoms with Crippen LogP contribution in [0.5, 0.6) is 0 Å². The fourth-order valence-electron chi connectivity index (χ4n) is 2.42. The number of carbonyl (C=O) groups excluding carboxylic acids is 2. The molecular formula is C16H24N4O2. The lowest BCUT2D eigenvalue weighted by atomic mass is 9.92. The summed E-state index contributed by atoms with van der Waals surface area (Å²) >= 11 is 0. The zero-order valence-corrected chi connectivity index (χ0v) is 14.0. The maximum Gasteiger partial charge on any atom is 0.290 e. The van der Waals surface area contributed by atoms with E-state index in [-0.39, 0.29) is 17.2 Å². The first kappa shape index (κ1) is 16.3. The topological polar surface area (TPSA) is 58.4 Å². The number of rotatable bonds is 2. The van der Waals surface area contributed by atoms with Gasteiger partial charge in [0.15, 0.2) is 0 Å². The summed E-state index contributed by atoms with van der Waals surface area (Å²) in [6, 6.07) is 1.81. The summed E-state index contributed by atoms with van der Waals surface area (Å²) in [4.78, 5) is 24.9. The van der Waals surface area contributed by atoms with Crippen LogP contribution in [-0.4, -0.2) is 44.7 Å². The van der Waals surface area contributed by atoms with Gasteiger partial charge in [-0.1, -0.05) is 27.4 Å². The number of amides is 2. The molecule has 0 radical (unpaired) electrons. The number of hydrogen-bond donors (Lipinski definition) is 0. The van der Waals surface area contributed by atoms with E-state index in [0.717, 1.165) is 12.1 Å². The Kier molecular flexibility index (Phi) is 4.13. The quantitative estimate of drug-likeness (QED) is 0.784. The van der Waals surface area contributed by atoms with Crippen molar-refractivity contribution >= 4 is 11.8 Å². The Morgan fingerprint density at radius 3 is 2.32 bits per heavy atom. The van der Waals surface area contributed by atoms with Crippen LogP contribution in [0, 0.1) is 0 Å². The van der Waals surface area contributed by atoms with E-state index >= 15 is 0 Å².